The number of esters is 1. The zero-order valence-corrected chi connectivity index (χ0v) is 20.1. The Morgan fingerprint density at radius 1 is 0.912 bits per heavy atom. The Balaban J connectivity index is 3.80. The minimum absolute atomic E-state index is 0.214. The van der Waals surface area contributed by atoms with E-state index in [1.165, 1.54) is 32.9 Å². The van der Waals surface area contributed by atoms with Crippen LogP contribution in [-0.4, -0.2) is 61.6 Å². The van der Waals surface area contributed by atoms with Crippen molar-refractivity contribution >= 4 is 33.3 Å². The van der Waals surface area contributed by atoms with Gasteiger partial charge in [-0.25, -0.2) is 4.79 Å². The molecule has 0 spiro atoms. The van der Waals surface area contributed by atoms with E-state index < -0.39 is 58.5 Å². The molecule has 0 amide bonds. The van der Waals surface area contributed by atoms with Gasteiger partial charge >= 0.3 is 5.97 Å². The third-order valence-corrected chi connectivity index (χ3v) is 6.30. The van der Waals surface area contributed by atoms with Crippen LogP contribution >= 0.6 is 0 Å². The number of ketones is 2. The second-order valence-corrected chi connectivity index (χ2v) is 9.57. The van der Waals surface area contributed by atoms with Gasteiger partial charge in [-0.3, -0.25) is 13.8 Å². The van der Waals surface area contributed by atoms with Gasteiger partial charge in [0.2, 0.25) is 17.2 Å². The minimum Gasteiger partial charge on any atom is -0.438 e. The quantitative estimate of drug-likeness (QED) is 0.118. The van der Waals surface area contributed by atoms with Crippen molar-refractivity contribution < 1.29 is 41.9 Å². The van der Waals surface area contributed by atoms with Gasteiger partial charge < -0.3 is 20.7 Å². The topological polar surface area (TPSA) is 170 Å². The van der Waals surface area contributed by atoms with Crippen molar-refractivity contribution in [2.45, 2.75) is 31.3 Å². The first kappa shape index (κ1) is 28.9. The SMILES string of the molecule is C=C(C)C(=O)OC(C(=O)C(=C)C)(C(=O)C(=C)C)C(CO)(CO)COS(=O)(=O)c1ccc(N)cc1. The number of Topliss-reactive ketones (excluding diaryl/α,β-unsaturated/α-hetero) is 2. The lowest BCUT2D eigenvalue weighted by atomic mass is 9.65. The zero-order valence-electron chi connectivity index (χ0n) is 19.3. The number of rotatable bonds is 13. The molecule has 34 heavy (non-hydrogen) atoms. The molecule has 0 unspecified atom stereocenters. The van der Waals surface area contributed by atoms with E-state index in [-0.39, 0.29) is 27.3 Å². The molecule has 186 valence electrons. The van der Waals surface area contributed by atoms with Crippen molar-refractivity contribution in [1.29, 1.82) is 0 Å². The van der Waals surface area contributed by atoms with E-state index in [4.69, 9.17) is 14.7 Å². The van der Waals surface area contributed by atoms with Gasteiger partial charge in [0.05, 0.1) is 30.1 Å². The summed E-state index contributed by atoms with van der Waals surface area (Å²) in [5, 5.41) is 20.6. The molecular weight excluding hydrogens is 466 g/mol. The van der Waals surface area contributed by atoms with E-state index in [0.29, 0.717) is 0 Å². The predicted octanol–water partition coefficient (Wildman–Crippen LogP) is 1.09. The van der Waals surface area contributed by atoms with Crippen molar-refractivity contribution in [2.75, 3.05) is 25.6 Å². The minimum atomic E-state index is -4.53. The third-order valence-electron chi connectivity index (χ3n) is 5.02. The highest BCUT2D eigenvalue weighted by molar-refractivity contribution is 7.86. The highest BCUT2D eigenvalue weighted by atomic mass is 32.2. The Morgan fingerprint density at radius 2 is 1.35 bits per heavy atom. The summed E-state index contributed by atoms with van der Waals surface area (Å²) in [5.74, 6) is -3.59. The van der Waals surface area contributed by atoms with Crippen LogP contribution in [0.2, 0.25) is 0 Å². The molecule has 0 heterocycles. The molecule has 0 aromatic heterocycles. The maximum atomic E-state index is 13.4. The molecule has 1 rings (SSSR count). The molecule has 10 nitrogen and oxygen atoms in total. The Bertz CT molecular complexity index is 1090. The Morgan fingerprint density at radius 3 is 1.71 bits per heavy atom. The summed E-state index contributed by atoms with van der Waals surface area (Å²) in [6.07, 6.45) is 0. The second kappa shape index (κ2) is 10.9. The molecule has 0 radical (unpaired) electrons. The molecule has 0 fully saturated rings. The molecule has 0 aliphatic heterocycles. The maximum Gasteiger partial charge on any atom is 0.334 e. The van der Waals surface area contributed by atoms with Crippen LogP contribution < -0.4 is 5.73 Å². The molecule has 0 saturated heterocycles. The van der Waals surface area contributed by atoms with Crippen LogP contribution in [-0.2, 0) is 33.4 Å². The predicted molar refractivity (Wildman–Crippen MR) is 124 cm³/mol. The lowest BCUT2D eigenvalue weighted by Crippen LogP contribution is -2.67. The molecule has 0 saturated carbocycles. The van der Waals surface area contributed by atoms with Crippen LogP contribution in [0.1, 0.15) is 20.8 Å². The molecular formula is C23H29NO9S. The van der Waals surface area contributed by atoms with Gasteiger partial charge in [0.25, 0.3) is 10.1 Å². The van der Waals surface area contributed by atoms with E-state index in [1.54, 1.807) is 0 Å². The number of aliphatic hydroxyl groups excluding tert-OH is 2. The van der Waals surface area contributed by atoms with Gasteiger partial charge in [-0.2, -0.15) is 8.42 Å². The van der Waals surface area contributed by atoms with Crippen molar-refractivity contribution in [3.8, 4) is 0 Å². The number of nitrogen functional groups attached to an aromatic ring is 1. The number of hydrogen-bond donors (Lipinski definition) is 3. The fourth-order valence-corrected chi connectivity index (χ4v) is 3.96. The largest absolute Gasteiger partial charge is 0.438 e. The first-order valence-corrected chi connectivity index (χ1v) is 11.3. The van der Waals surface area contributed by atoms with Gasteiger partial charge in [0.15, 0.2) is 0 Å². The van der Waals surface area contributed by atoms with Gasteiger partial charge in [-0.1, -0.05) is 19.7 Å². The van der Waals surface area contributed by atoms with Crippen LogP contribution in [0.5, 0.6) is 0 Å². The Kier molecular flexibility index (Phi) is 9.24. The van der Waals surface area contributed by atoms with Crippen LogP contribution in [0.4, 0.5) is 5.69 Å². The van der Waals surface area contributed by atoms with Gasteiger partial charge in [0.1, 0.15) is 0 Å². The van der Waals surface area contributed by atoms with E-state index in [2.05, 4.69) is 19.7 Å². The van der Waals surface area contributed by atoms with Crippen LogP contribution in [0, 0.1) is 5.41 Å². The number of nitrogens with two attached hydrogens (primary N) is 1. The van der Waals surface area contributed by atoms with Crippen LogP contribution in [0.25, 0.3) is 0 Å². The normalized spacial score (nSPS) is 12.0. The summed E-state index contributed by atoms with van der Waals surface area (Å²) in [7, 11) is -4.53. The van der Waals surface area contributed by atoms with Crippen molar-refractivity contribution in [3.63, 3.8) is 0 Å². The fraction of sp³-hybridized carbons (Fsp3) is 0.348. The molecule has 0 aliphatic rings. The molecule has 0 aliphatic carbocycles. The lowest BCUT2D eigenvalue weighted by molar-refractivity contribution is -0.195. The highest BCUT2D eigenvalue weighted by Gasteiger charge is 2.65. The second-order valence-electron chi connectivity index (χ2n) is 7.95. The number of carbonyl (C=O) groups excluding carboxylic acids is 3. The summed E-state index contributed by atoms with van der Waals surface area (Å²) in [6, 6.07) is 4.90. The maximum absolute atomic E-state index is 13.4. The Hall–Kier alpha value is -3.12. The average Bonchev–Trinajstić information content (AvgIpc) is 2.77. The monoisotopic (exact) mass is 495 g/mol. The van der Waals surface area contributed by atoms with Crippen LogP contribution in [0.3, 0.4) is 0 Å². The number of hydrogen-bond acceptors (Lipinski definition) is 10. The molecule has 0 atom stereocenters. The average molecular weight is 496 g/mol. The van der Waals surface area contributed by atoms with E-state index >= 15 is 0 Å². The van der Waals surface area contributed by atoms with Gasteiger partial charge in [-0.15, -0.1) is 0 Å². The van der Waals surface area contributed by atoms with Crippen LogP contribution in [0.15, 0.2) is 65.6 Å². The van der Waals surface area contributed by atoms with Gasteiger partial charge in [-0.05, 0) is 56.2 Å². The number of benzene rings is 1. The van der Waals surface area contributed by atoms with Crippen molar-refractivity contribution in [2.24, 2.45) is 5.41 Å². The molecule has 11 heteroatoms. The number of carbonyl (C=O) groups is 3. The first-order valence-electron chi connectivity index (χ1n) is 9.88. The van der Waals surface area contributed by atoms with Gasteiger partial charge in [0, 0.05) is 11.3 Å². The van der Waals surface area contributed by atoms with Crippen molar-refractivity contribution in [3.05, 3.63) is 60.7 Å². The smallest absolute Gasteiger partial charge is 0.334 e. The summed E-state index contributed by atoms with van der Waals surface area (Å²) in [5.41, 5.74) is -0.361. The zero-order chi connectivity index (χ0) is 26.5. The summed E-state index contributed by atoms with van der Waals surface area (Å²) in [6.45, 7) is 10.5. The summed E-state index contributed by atoms with van der Waals surface area (Å²) < 4.78 is 35.8. The van der Waals surface area contributed by atoms with E-state index in [0.717, 1.165) is 12.1 Å². The van der Waals surface area contributed by atoms with Crippen molar-refractivity contribution in [1.82, 2.24) is 0 Å². The Labute approximate surface area is 198 Å². The number of aliphatic hydroxyl groups is 2. The number of ether oxygens (including phenoxy) is 1. The summed E-state index contributed by atoms with van der Waals surface area (Å²) >= 11 is 0. The lowest BCUT2D eigenvalue weighted by Gasteiger charge is -2.45. The standard InChI is InChI=1S/C23H29NO9S/c1-14(2)19(27)23(20(28)15(3)4,33-21(29)16(5)6)22(11-25,12-26)13-32-34(30,31)18-9-7-17(24)8-10-18/h7-10,25-26H,1,3,5,11-13,24H2,2,4,6H3. The highest BCUT2D eigenvalue weighted by Crippen LogP contribution is 2.41. The fourth-order valence-electron chi connectivity index (χ4n) is 2.97. The number of anilines is 1. The molecule has 1 aromatic rings. The van der Waals surface area contributed by atoms with E-state index in [9.17, 15) is 33.0 Å². The third kappa shape index (κ3) is 5.50. The summed E-state index contributed by atoms with van der Waals surface area (Å²) in [4.78, 5) is 38.9. The molecule has 0 bridgehead atoms. The first-order chi connectivity index (χ1) is 15.6. The van der Waals surface area contributed by atoms with E-state index in [1.807, 2.05) is 0 Å². The molecule has 1 aromatic carbocycles. The molecule has 4 N–H and O–H groups in total.